The summed E-state index contributed by atoms with van der Waals surface area (Å²) in [6, 6.07) is 6.32. The van der Waals surface area contributed by atoms with Gasteiger partial charge in [-0.25, -0.2) is 4.39 Å². The molecule has 2 nitrogen and oxygen atoms in total. The van der Waals surface area contributed by atoms with E-state index in [9.17, 15) is 9.18 Å². The molecule has 0 aliphatic heterocycles. The Morgan fingerprint density at radius 2 is 2.14 bits per heavy atom. The molecule has 3 heteroatoms. The lowest BCUT2D eigenvalue weighted by Crippen LogP contribution is -1.90. The van der Waals surface area contributed by atoms with Crippen LogP contribution in [0.5, 0.6) is 0 Å². The summed E-state index contributed by atoms with van der Waals surface area (Å²) in [4.78, 5) is 10.5. The van der Waals surface area contributed by atoms with Crippen molar-refractivity contribution < 1.29 is 13.6 Å². The van der Waals surface area contributed by atoms with Gasteiger partial charge in [-0.2, -0.15) is 0 Å². The maximum Gasteiger partial charge on any atom is 0.153 e. The lowest BCUT2D eigenvalue weighted by Gasteiger charge is -2.00. The predicted molar refractivity (Wildman–Crippen MR) is 49.5 cm³/mol. The number of furan rings is 1. The molecule has 0 saturated heterocycles. The molecule has 0 fully saturated rings. The van der Waals surface area contributed by atoms with Gasteiger partial charge in [-0.15, -0.1) is 0 Å². The van der Waals surface area contributed by atoms with Crippen LogP contribution in [0.4, 0.5) is 4.39 Å². The minimum absolute atomic E-state index is 0.0590. The molecule has 70 valence electrons. The summed E-state index contributed by atoms with van der Waals surface area (Å²) >= 11 is 0. The first-order chi connectivity index (χ1) is 6.83. The summed E-state index contributed by atoms with van der Waals surface area (Å²) in [5.74, 6) is -0.510. The van der Waals surface area contributed by atoms with Crippen molar-refractivity contribution in [2.24, 2.45) is 0 Å². The van der Waals surface area contributed by atoms with Crippen LogP contribution >= 0.6 is 0 Å². The van der Waals surface area contributed by atoms with Crippen LogP contribution in [-0.2, 0) is 0 Å². The fourth-order valence-corrected chi connectivity index (χ4v) is 1.28. The molecular weight excluding hydrogens is 183 g/mol. The SMILES string of the molecule is O=Cc1cccc(-c2ccoc2)c1F. The van der Waals surface area contributed by atoms with E-state index in [0.717, 1.165) is 0 Å². The van der Waals surface area contributed by atoms with Crippen molar-refractivity contribution in [1.29, 1.82) is 0 Å². The van der Waals surface area contributed by atoms with E-state index in [4.69, 9.17) is 4.42 Å². The Kier molecular flexibility index (Phi) is 2.14. The van der Waals surface area contributed by atoms with Crippen LogP contribution in [0.3, 0.4) is 0 Å². The van der Waals surface area contributed by atoms with Crippen LogP contribution in [0.1, 0.15) is 10.4 Å². The minimum atomic E-state index is -0.510. The molecule has 0 unspecified atom stereocenters. The first-order valence-electron chi connectivity index (χ1n) is 4.09. The average Bonchev–Trinajstić information content (AvgIpc) is 2.71. The maximum atomic E-state index is 13.6. The zero-order valence-corrected chi connectivity index (χ0v) is 7.24. The smallest absolute Gasteiger partial charge is 0.153 e. The van der Waals surface area contributed by atoms with Crippen LogP contribution in [0.15, 0.2) is 41.2 Å². The zero-order chi connectivity index (χ0) is 9.97. The molecule has 0 spiro atoms. The molecule has 0 atom stereocenters. The van der Waals surface area contributed by atoms with Crippen LogP contribution in [0.2, 0.25) is 0 Å². The number of carbonyl (C=O) groups is 1. The molecule has 14 heavy (non-hydrogen) atoms. The zero-order valence-electron chi connectivity index (χ0n) is 7.24. The summed E-state index contributed by atoms with van der Waals surface area (Å²) in [7, 11) is 0. The highest BCUT2D eigenvalue weighted by atomic mass is 19.1. The van der Waals surface area contributed by atoms with Crippen LogP contribution in [0.25, 0.3) is 11.1 Å². The quantitative estimate of drug-likeness (QED) is 0.681. The fraction of sp³-hybridized carbons (Fsp3) is 0. The van der Waals surface area contributed by atoms with Crippen molar-refractivity contribution in [2.75, 3.05) is 0 Å². The molecule has 0 saturated carbocycles. The monoisotopic (exact) mass is 190 g/mol. The van der Waals surface area contributed by atoms with E-state index >= 15 is 0 Å². The molecule has 0 aliphatic rings. The lowest BCUT2D eigenvalue weighted by atomic mass is 10.1. The van der Waals surface area contributed by atoms with Gasteiger partial charge in [0.25, 0.3) is 0 Å². The van der Waals surface area contributed by atoms with E-state index < -0.39 is 5.82 Å². The second kappa shape index (κ2) is 3.46. The molecule has 2 aromatic rings. The van der Waals surface area contributed by atoms with E-state index in [1.807, 2.05) is 0 Å². The summed E-state index contributed by atoms with van der Waals surface area (Å²) < 4.78 is 18.4. The van der Waals surface area contributed by atoms with Crippen LogP contribution < -0.4 is 0 Å². The number of benzene rings is 1. The van der Waals surface area contributed by atoms with Gasteiger partial charge < -0.3 is 4.42 Å². The highest BCUT2D eigenvalue weighted by Gasteiger charge is 2.09. The molecule has 0 amide bonds. The van der Waals surface area contributed by atoms with Gasteiger partial charge in [-0.05, 0) is 12.1 Å². The molecule has 2 rings (SSSR count). The molecule has 0 radical (unpaired) electrons. The molecule has 1 heterocycles. The number of hydrogen-bond donors (Lipinski definition) is 0. The molecule has 1 aromatic carbocycles. The molecule has 1 aromatic heterocycles. The van der Waals surface area contributed by atoms with Gasteiger partial charge in [0.2, 0.25) is 0 Å². The van der Waals surface area contributed by atoms with Crippen molar-refractivity contribution in [2.45, 2.75) is 0 Å². The number of hydrogen-bond acceptors (Lipinski definition) is 2. The Morgan fingerprint density at radius 1 is 1.29 bits per heavy atom. The largest absolute Gasteiger partial charge is 0.472 e. The Hall–Kier alpha value is -1.90. The third kappa shape index (κ3) is 1.33. The van der Waals surface area contributed by atoms with Gasteiger partial charge in [0.15, 0.2) is 6.29 Å². The van der Waals surface area contributed by atoms with Gasteiger partial charge in [-0.3, -0.25) is 4.79 Å². The molecular formula is C11H7FO2. The van der Waals surface area contributed by atoms with Crippen molar-refractivity contribution in [3.8, 4) is 11.1 Å². The average molecular weight is 190 g/mol. The normalized spacial score (nSPS) is 10.1. The van der Waals surface area contributed by atoms with E-state index in [1.54, 1.807) is 18.2 Å². The van der Waals surface area contributed by atoms with Crippen molar-refractivity contribution in [3.63, 3.8) is 0 Å². The standard InChI is InChI=1S/C11H7FO2/c12-11-8(6-13)2-1-3-10(11)9-4-5-14-7-9/h1-7H. The fourth-order valence-electron chi connectivity index (χ4n) is 1.28. The van der Waals surface area contributed by atoms with Gasteiger partial charge in [0.1, 0.15) is 5.82 Å². The summed E-state index contributed by atoms with van der Waals surface area (Å²) in [6.45, 7) is 0. The van der Waals surface area contributed by atoms with Gasteiger partial charge in [0, 0.05) is 11.1 Å². The van der Waals surface area contributed by atoms with E-state index in [-0.39, 0.29) is 5.56 Å². The first-order valence-corrected chi connectivity index (χ1v) is 4.09. The van der Waals surface area contributed by atoms with Gasteiger partial charge >= 0.3 is 0 Å². The Balaban J connectivity index is 2.60. The third-order valence-electron chi connectivity index (χ3n) is 1.99. The van der Waals surface area contributed by atoms with Crippen molar-refractivity contribution in [1.82, 2.24) is 0 Å². The van der Waals surface area contributed by atoms with Crippen molar-refractivity contribution in [3.05, 3.63) is 48.2 Å². The molecule has 0 bridgehead atoms. The second-order valence-corrected chi connectivity index (χ2v) is 2.84. The van der Waals surface area contributed by atoms with E-state index in [2.05, 4.69) is 0 Å². The Labute approximate surface area is 80.0 Å². The first kappa shape index (κ1) is 8.69. The van der Waals surface area contributed by atoms with E-state index in [0.29, 0.717) is 17.4 Å². The predicted octanol–water partition coefficient (Wildman–Crippen LogP) is 2.90. The number of rotatable bonds is 2. The van der Waals surface area contributed by atoms with Crippen LogP contribution in [-0.4, -0.2) is 6.29 Å². The third-order valence-corrected chi connectivity index (χ3v) is 1.99. The van der Waals surface area contributed by atoms with Crippen molar-refractivity contribution >= 4 is 6.29 Å². The summed E-state index contributed by atoms with van der Waals surface area (Å²) in [5, 5.41) is 0. The Morgan fingerprint density at radius 3 is 2.79 bits per heavy atom. The number of aldehydes is 1. The topological polar surface area (TPSA) is 30.2 Å². The summed E-state index contributed by atoms with van der Waals surface area (Å²) in [5.41, 5.74) is 1.07. The van der Waals surface area contributed by atoms with Gasteiger partial charge in [0.05, 0.1) is 18.1 Å². The minimum Gasteiger partial charge on any atom is -0.472 e. The second-order valence-electron chi connectivity index (χ2n) is 2.84. The highest BCUT2D eigenvalue weighted by Crippen LogP contribution is 2.24. The maximum absolute atomic E-state index is 13.6. The lowest BCUT2D eigenvalue weighted by molar-refractivity contribution is 0.112. The van der Waals surface area contributed by atoms with Gasteiger partial charge in [-0.1, -0.05) is 12.1 Å². The molecule has 0 N–H and O–H groups in total. The summed E-state index contributed by atoms with van der Waals surface area (Å²) in [6.07, 6.45) is 3.40. The number of carbonyl (C=O) groups excluding carboxylic acids is 1. The Bertz CT molecular complexity index is 446. The van der Waals surface area contributed by atoms with Crippen LogP contribution in [0, 0.1) is 5.82 Å². The number of halogens is 1. The van der Waals surface area contributed by atoms with E-state index in [1.165, 1.54) is 18.6 Å². The molecule has 0 aliphatic carbocycles. The highest BCUT2D eigenvalue weighted by molar-refractivity contribution is 5.79.